The molecule has 124 valence electrons. The Morgan fingerprint density at radius 3 is 2.96 bits per heavy atom. The average molecular weight is 336 g/mol. The van der Waals surface area contributed by atoms with Gasteiger partial charge in [0, 0.05) is 18.2 Å². The fourth-order valence-corrected chi connectivity index (χ4v) is 3.40. The molecular formula is C17H22ClN3O2. The van der Waals surface area contributed by atoms with Crippen LogP contribution in [0.15, 0.2) is 22.9 Å². The molecule has 0 aromatic carbocycles. The van der Waals surface area contributed by atoms with E-state index in [0.29, 0.717) is 5.02 Å². The van der Waals surface area contributed by atoms with E-state index in [4.69, 9.17) is 16.0 Å². The molecule has 3 rings (SSSR count). The number of nitrogens with one attached hydrogen (secondary N) is 1. The van der Waals surface area contributed by atoms with Crippen LogP contribution in [-0.2, 0) is 11.2 Å². The number of nitrogens with zero attached hydrogens (tertiary/aromatic N) is 2. The highest BCUT2D eigenvalue weighted by atomic mass is 35.5. The van der Waals surface area contributed by atoms with Gasteiger partial charge in [0.2, 0.25) is 5.91 Å². The van der Waals surface area contributed by atoms with E-state index < -0.39 is 6.04 Å². The second kappa shape index (κ2) is 5.71. The van der Waals surface area contributed by atoms with Gasteiger partial charge in [-0.1, -0.05) is 25.4 Å². The lowest BCUT2D eigenvalue weighted by Crippen LogP contribution is -2.39. The molecule has 1 amide bonds. The number of aryl methyl sites for hydroxylation is 1. The predicted molar refractivity (Wildman–Crippen MR) is 88.4 cm³/mol. The van der Waals surface area contributed by atoms with E-state index in [2.05, 4.69) is 24.3 Å². The van der Waals surface area contributed by atoms with E-state index in [0.717, 1.165) is 29.9 Å². The Morgan fingerprint density at radius 1 is 1.57 bits per heavy atom. The molecule has 1 aliphatic carbocycles. The van der Waals surface area contributed by atoms with Crippen LogP contribution >= 0.6 is 11.6 Å². The number of aromatic nitrogens is 2. The number of hydrogen-bond acceptors (Lipinski definition) is 3. The lowest BCUT2D eigenvalue weighted by molar-refractivity contribution is -0.125. The molecule has 2 atom stereocenters. The minimum Gasteiger partial charge on any atom is -0.466 e. The first-order valence-electron chi connectivity index (χ1n) is 7.84. The van der Waals surface area contributed by atoms with Crippen molar-refractivity contribution in [1.82, 2.24) is 15.1 Å². The highest BCUT2D eigenvalue weighted by Crippen LogP contribution is 2.42. The van der Waals surface area contributed by atoms with Gasteiger partial charge in [0.1, 0.15) is 17.6 Å². The number of furan rings is 1. The summed E-state index contributed by atoms with van der Waals surface area (Å²) in [6.45, 7) is 8.15. The Kier molecular flexibility index (Phi) is 4.00. The molecule has 1 aliphatic rings. The quantitative estimate of drug-likeness (QED) is 0.927. The summed E-state index contributed by atoms with van der Waals surface area (Å²) in [5, 5.41) is 7.79. The number of carbonyl (C=O) groups is 1. The van der Waals surface area contributed by atoms with Gasteiger partial charge in [-0.25, -0.2) is 0 Å². The fourth-order valence-electron chi connectivity index (χ4n) is 3.25. The largest absolute Gasteiger partial charge is 0.466 e. The van der Waals surface area contributed by atoms with E-state index in [1.807, 2.05) is 19.9 Å². The number of fused-ring (bicyclic) bond motifs is 1. The molecule has 2 aromatic rings. The maximum atomic E-state index is 12.6. The second-order valence-corrected chi connectivity index (χ2v) is 7.59. The van der Waals surface area contributed by atoms with Gasteiger partial charge >= 0.3 is 0 Å². The minimum absolute atomic E-state index is 0.0350. The molecule has 2 heterocycles. The van der Waals surface area contributed by atoms with Crippen LogP contribution in [0, 0.1) is 12.3 Å². The zero-order chi connectivity index (χ0) is 16.8. The lowest BCUT2D eigenvalue weighted by atomic mass is 9.74. The highest BCUT2D eigenvalue weighted by Gasteiger charge is 2.36. The summed E-state index contributed by atoms with van der Waals surface area (Å²) in [5.74, 6) is 1.80. The average Bonchev–Trinajstić information content (AvgIpc) is 3.02. The van der Waals surface area contributed by atoms with Crippen molar-refractivity contribution in [2.24, 2.45) is 5.41 Å². The number of carbonyl (C=O) groups excluding carboxylic acids is 1. The first-order valence-corrected chi connectivity index (χ1v) is 8.22. The van der Waals surface area contributed by atoms with Gasteiger partial charge in [-0.15, -0.1) is 0 Å². The maximum Gasteiger partial charge on any atom is 0.245 e. The Morgan fingerprint density at radius 2 is 2.30 bits per heavy atom. The van der Waals surface area contributed by atoms with Crippen LogP contribution in [-0.4, -0.2) is 15.7 Å². The molecular weight excluding hydrogens is 314 g/mol. The second-order valence-electron chi connectivity index (χ2n) is 7.16. The van der Waals surface area contributed by atoms with Gasteiger partial charge in [0.05, 0.1) is 17.3 Å². The van der Waals surface area contributed by atoms with E-state index >= 15 is 0 Å². The highest BCUT2D eigenvalue weighted by molar-refractivity contribution is 6.30. The summed E-state index contributed by atoms with van der Waals surface area (Å²) in [7, 11) is 0. The zero-order valence-electron chi connectivity index (χ0n) is 13.9. The Hall–Kier alpha value is -1.75. The van der Waals surface area contributed by atoms with Gasteiger partial charge in [-0.05, 0) is 31.7 Å². The van der Waals surface area contributed by atoms with Crippen LogP contribution in [0.3, 0.4) is 0 Å². The van der Waals surface area contributed by atoms with Crippen LogP contribution in [0.1, 0.15) is 56.4 Å². The first-order chi connectivity index (χ1) is 10.7. The molecule has 2 unspecified atom stereocenters. The summed E-state index contributed by atoms with van der Waals surface area (Å²) in [5.41, 5.74) is 1.19. The number of rotatable bonds is 3. The van der Waals surface area contributed by atoms with Crippen LogP contribution in [0.25, 0.3) is 0 Å². The molecule has 0 spiro atoms. The van der Waals surface area contributed by atoms with Crippen LogP contribution in [0.2, 0.25) is 5.02 Å². The van der Waals surface area contributed by atoms with Crippen molar-refractivity contribution in [2.75, 3.05) is 0 Å². The topological polar surface area (TPSA) is 60.1 Å². The van der Waals surface area contributed by atoms with Crippen molar-refractivity contribution in [3.05, 3.63) is 40.6 Å². The van der Waals surface area contributed by atoms with Gasteiger partial charge in [-0.2, -0.15) is 5.10 Å². The predicted octanol–water partition coefficient (Wildman–Crippen LogP) is 3.83. The van der Waals surface area contributed by atoms with Crippen molar-refractivity contribution in [3.63, 3.8) is 0 Å². The minimum atomic E-state index is -0.413. The SMILES string of the molecule is Cc1cc2c(o1)CC(C)(C)CC2NC(=O)C(C)n1cc(Cl)cn1. The maximum absolute atomic E-state index is 12.6. The summed E-state index contributed by atoms with van der Waals surface area (Å²) in [6, 6.07) is 1.58. The number of amides is 1. The smallest absolute Gasteiger partial charge is 0.245 e. The molecule has 0 saturated heterocycles. The van der Waals surface area contributed by atoms with E-state index in [1.165, 1.54) is 6.20 Å². The number of hydrogen-bond donors (Lipinski definition) is 1. The summed E-state index contributed by atoms with van der Waals surface area (Å²) >= 11 is 5.88. The third-order valence-corrected chi connectivity index (χ3v) is 4.59. The van der Waals surface area contributed by atoms with Crippen LogP contribution in [0.4, 0.5) is 0 Å². The van der Waals surface area contributed by atoms with Gasteiger partial charge in [0.25, 0.3) is 0 Å². The van der Waals surface area contributed by atoms with E-state index in [9.17, 15) is 4.79 Å². The Balaban J connectivity index is 1.80. The van der Waals surface area contributed by atoms with Crippen molar-refractivity contribution in [2.45, 2.75) is 52.6 Å². The molecule has 0 fully saturated rings. The van der Waals surface area contributed by atoms with Crippen LogP contribution in [0.5, 0.6) is 0 Å². The molecule has 2 aromatic heterocycles. The van der Waals surface area contributed by atoms with E-state index in [1.54, 1.807) is 10.9 Å². The summed E-state index contributed by atoms with van der Waals surface area (Å²) in [6.07, 6.45) is 4.97. The third-order valence-electron chi connectivity index (χ3n) is 4.40. The molecule has 5 nitrogen and oxygen atoms in total. The summed E-state index contributed by atoms with van der Waals surface area (Å²) < 4.78 is 7.39. The number of halogens is 1. The molecule has 0 saturated carbocycles. The lowest BCUT2D eigenvalue weighted by Gasteiger charge is -2.35. The molecule has 0 radical (unpaired) electrons. The standard InChI is InChI=1S/C17H22ClN3O2/c1-10-5-13-14(6-17(3,4)7-15(13)23-10)20-16(22)11(2)21-9-12(18)8-19-21/h5,8-9,11,14H,6-7H2,1-4H3,(H,20,22). The van der Waals surface area contributed by atoms with Crippen molar-refractivity contribution >= 4 is 17.5 Å². The Labute approximate surface area is 141 Å². The molecule has 1 N–H and O–H groups in total. The third kappa shape index (κ3) is 3.29. The van der Waals surface area contributed by atoms with Gasteiger partial charge in [-0.3, -0.25) is 9.48 Å². The van der Waals surface area contributed by atoms with Crippen molar-refractivity contribution in [1.29, 1.82) is 0 Å². The van der Waals surface area contributed by atoms with Gasteiger partial charge < -0.3 is 9.73 Å². The van der Waals surface area contributed by atoms with Gasteiger partial charge in [0.15, 0.2) is 0 Å². The van der Waals surface area contributed by atoms with Crippen molar-refractivity contribution in [3.8, 4) is 0 Å². The summed E-state index contributed by atoms with van der Waals surface area (Å²) in [4.78, 5) is 12.6. The molecule has 0 aliphatic heterocycles. The molecule has 23 heavy (non-hydrogen) atoms. The van der Waals surface area contributed by atoms with E-state index in [-0.39, 0.29) is 17.4 Å². The zero-order valence-corrected chi connectivity index (χ0v) is 14.6. The van der Waals surface area contributed by atoms with Crippen LogP contribution < -0.4 is 5.32 Å². The fraction of sp³-hybridized carbons (Fsp3) is 0.529. The monoisotopic (exact) mass is 335 g/mol. The molecule has 0 bridgehead atoms. The van der Waals surface area contributed by atoms with Crippen molar-refractivity contribution < 1.29 is 9.21 Å². The first kappa shape index (κ1) is 16.1. The molecule has 6 heteroatoms. The Bertz CT molecular complexity index is 732. The normalized spacial score (nSPS) is 20.8.